The van der Waals surface area contributed by atoms with E-state index in [4.69, 9.17) is 33.7 Å². The fraction of sp³-hybridized carbons (Fsp3) is 0.333. The Morgan fingerprint density at radius 2 is 2.16 bits per heavy atom. The average molecular weight is 466 g/mol. The van der Waals surface area contributed by atoms with E-state index in [1.165, 1.54) is 12.1 Å². The average Bonchev–Trinajstić information content (AvgIpc) is 3.36. The summed E-state index contributed by atoms with van der Waals surface area (Å²) in [5.41, 5.74) is 7.94. The Balaban J connectivity index is 1.53. The van der Waals surface area contributed by atoms with Crippen LogP contribution in [0.5, 0.6) is 5.75 Å². The molecule has 3 unspecified atom stereocenters. The molecule has 0 aliphatic carbocycles. The van der Waals surface area contributed by atoms with Gasteiger partial charge in [-0.3, -0.25) is 4.68 Å². The van der Waals surface area contributed by atoms with Gasteiger partial charge >= 0.3 is 0 Å². The van der Waals surface area contributed by atoms with Crippen molar-refractivity contribution in [3.63, 3.8) is 0 Å². The highest BCUT2D eigenvalue weighted by atomic mass is 35.5. The van der Waals surface area contributed by atoms with Crippen LogP contribution in [0, 0.1) is 5.82 Å². The topological polar surface area (TPSA) is 98.2 Å². The number of hydrogen-bond donors (Lipinski definition) is 3. The summed E-state index contributed by atoms with van der Waals surface area (Å²) < 4.78 is 21.6. The first-order valence-electron chi connectivity index (χ1n) is 9.81. The van der Waals surface area contributed by atoms with Crippen LogP contribution in [0.1, 0.15) is 25.0 Å². The van der Waals surface area contributed by atoms with E-state index in [1.54, 1.807) is 25.4 Å². The summed E-state index contributed by atoms with van der Waals surface area (Å²) in [5, 5.41) is 17.5. The second-order valence-corrected chi connectivity index (χ2v) is 8.36. The molecule has 0 amide bonds. The SMILES string of the molecule is CC(Oc1cc(-c2cnn(CC3CC(O)CN3)c2)cnc1N)c1c(Cl)ccc(F)c1Cl. The van der Waals surface area contributed by atoms with Crippen molar-refractivity contribution in [2.45, 2.75) is 38.1 Å². The number of rotatable bonds is 6. The van der Waals surface area contributed by atoms with Crippen molar-refractivity contribution in [1.82, 2.24) is 20.1 Å². The Morgan fingerprint density at radius 3 is 2.90 bits per heavy atom. The summed E-state index contributed by atoms with van der Waals surface area (Å²) in [7, 11) is 0. The standard InChI is InChI=1S/C21H22Cl2FN5O2/c1-11(19-16(22)2-3-17(24)20(19)23)31-18-4-12(6-27-21(18)25)13-7-28-29(9-13)10-14-5-15(30)8-26-14/h2-4,6-7,9,11,14-15,26,30H,5,8,10H2,1H3,(H2,25,27). The van der Waals surface area contributed by atoms with Crippen molar-refractivity contribution in [3.8, 4) is 16.9 Å². The van der Waals surface area contributed by atoms with E-state index < -0.39 is 11.9 Å². The van der Waals surface area contributed by atoms with Crippen LogP contribution >= 0.6 is 23.2 Å². The minimum atomic E-state index is -0.655. The Kier molecular flexibility index (Phi) is 6.34. The van der Waals surface area contributed by atoms with Crippen molar-refractivity contribution < 1.29 is 14.2 Å². The maximum Gasteiger partial charge on any atom is 0.166 e. The lowest BCUT2D eigenvalue weighted by Crippen LogP contribution is -2.26. The third-order valence-corrected chi connectivity index (χ3v) is 5.96. The highest BCUT2D eigenvalue weighted by Gasteiger charge is 2.23. The second kappa shape index (κ2) is 9.00. The molecule has 1 aromatic carbocycles. The molecule has 2 aromatic heterocycles. The molecule has 3 aromatic rings. The summed E-state index contributed by atoms with van der Waals surface area (Å²) >= 11 is 12.3. The number of nitrogen functional groups attached to an aromatic ring is 1. The van der Waals surface area contributed by atoms with Gasteiger partial charge in [0.1, 0.15) is 11.9 Å². The predicted molar refractivity (Wildman–Crippen MR) is 118 cm³/mol. The third kappa shape index (κ3) is 4.77. The summed E-state index contributed by atoms with van der Waals surface area (Å²) in [6.07, 6.45) is 4.98. The van der Waals surface area contributed by atoms with E-state index in [1.807, 2.05) is 10.9 Å². The number of benzene rings is 1. The number of pyridine rings is 1. The summed E-state index contributed by atoms with van der Waals surface area (Å²) in [4.78, 5) is 4.22. The molecule has 0 bridgehead atoms. The van der Waals surface area contributed by atoms with Crippen LogP contribution < -0.4 is 15.8 Å². The van der Waals surface area contributed by atoms with E-state index in [9.17, 15) is 9.50 Å². The molecule has 4 rings (SSSR count). The number of nitrogens with two attached hydrogens (primary N) is 1. The summed E-state index contributed by atoms with van der Waals surface area (Å²) in [6.45, 7) is 2.95. The van der Waals surface area contributed by atoms with Crippen LogP contribution in [0.25, 0.3) is 11.1 Å². The third-order valence-electron chi connectivity index (χ3n) is 5.24. The molecule has 7 nitrogen and oxygen atoms in total. The van der Waals surface area contributed by atoms with Gasteiger partial charge in [-0.15, -0.1) is 0 Å². The zero-order valence-corrected chi connectivity index (χ0v) is 18.2. The Bertz CT molecular complexity index is 1090. The van der Waals surface area contributed by atoms with E-state index >= 15 is 0 Å². The number of hydrogen-bond acceptors (Lipinski definition) is 6. The van der Waals surface area contributed by atoms with Crippen molar-refractivity contribution in [1.29, 1.82) is 0 Å². The number of halogens is 3. The molecule has 10 heteroatoms. The predicted octanol–water partition coefficient (Wildman–Crippen LogP) is 3.84. The molecule has 31 heavy (non-hydrogen) atoms. The summed E-state index contributed by atoms with van der Waals surface area (Å²) in [5.74, 6) is -0.0569. The van der Waals surface area contributed by atoms with Gasteiger partial charge in [-0.25, -0.2) is 9.37 Å². The molecule has 1 saturated heterocycles. The van der Waals surface area contributed by atoms with E-state index in [-0.39, 0.29) is 23.0 Å². The van der Waals surface area contributed by atoms with Gasteiger partial charge in [0.05, 0.1) is 23.9 Å². The van der Waals surface area contributed by atoms with Crippen molar-refractivity contribution in [2.75, 3.05) is 12.3 Å². The quantitative estimate of drug-likeness (QED) is 0.478. The lowest BCUT2D eigenvalue weighted by Gasteiger charge is -2.19. The molecule has 0 radical (unpaired) electrons. The second-order valence-electron chi connectivity index (χ2n) is 7.57. The number of β-amino-alcohol motifs (C(OH)–C–C–N with tert-alkyl or cyclic N) is 1. The molecule has 1 aliphatic heterocycles. The van der Waals surface area contributed by atoms with Crippen LogP contribution in [0.15, 0.2) is 36.8 Å². The highest BCUT2D eigenvalue weighted by Crippen LogP contribution is 2.36. The van der Waals surface area contributed by atoms with Crippen molar-refractivity contribution >= 4 is 29.0 Å². The van der Waals surface area contributed by atoms with Crippen molar-refractivity contribution in [3.05, 3.63) is 58.2 Å². The van der Waals surface area contributed by atoms with Gasteiger partial charge in [-0.05, 0) is 31.5 Å². The fourth-order valence-corrected chi connectivity index (χ4v) is 4.33. The molecule has 3 heterocycles. The highest BCUT2D eigenvalue weighted by molar-refractivity contribution is 6.36. The van der Waals surface area contributed by atoms with Crippen LogP contribution in [-0.2, 0) is 6.54 Å². The molecule has 164 valence electrons. The van der Waals surface area contributed by atoms with E-state index in [2.05, 4.69) is 15.4 Å². The number of nitrogens with zero attached hydrogens (tertiary/aromatic N) is 3. The molecule has 1 aliphatic rings. The maximum absolute atomic E-state index is 13.9. The smallest absolute Gasteiger partial charge is 0.166 e. The number of aliphatic hydroxyl groups is 1. The lowest BCUT2D eigenvalue weighted by atomic mass is 10.1. The normalized spacial score (nSPS) is 19.5. The Labute approximate surface area is 188 Å². The minimum absolute atomic E-state index is 0.0883. The molecular weight excluding hydrogens is 444 g/mol. The number of aromatic nitrogens is 3. The van der Waals surface area contributed by atoms with Crippen LogP contribution in [0.3, 0.4) is 0 Å². The van der Waals surface area contributed by atoms with Crippen LogP contribution in [0.2, 0.25) is 10.0 Å². The molecule has 3 atom stereocenters. The molecular formula is C21H22Cl2FN5O2. The monoisotopic (exact) mass is 465 g/mol. The van der Waals surface area contributed by atoms with Crippen molar-refractivity contribution in [2.24, 2.45) is 0 Å². The lowest BCUT2D eigenvalue weighted by molar-refractivity contribution is 0.192. The first-order valence-corrected chi connectivity index (χ1v) is 10.6. The fourth-order valence-electron chi connectivity index (χ4n) is 3.65. The first-order chi connectivity index (χ1) is 14.8. The molecule has 4 N–H and O–H groups in total. The number of anilines is 1. The van der Waals surface area contributed by atoms with Gasteiger partial charge < -0.3 is 20.9 Å². The van der Waals surface area contributed by atoms with Gasteiger partial charge in [0.2, 0.25) is 0 Å². The van der Waals surface area contributed by atoms with Crippen LogP contribution in [-0.4, -0.2) is 38.6 Å². The zero-order valence-electron chi connectivity index (χ0n) is 16.7. The van der Waals surface area contributed by atoms with Gasteiger partial charge in [-0.1, -0.05) is 23.2 Å². The number of nitrogens with one attached hydrogen (secondary N) is 1. The maximum atomic E-state index is 13.9. The number of ether oxygens (including phenoxy) is 1. The van der Waals surface area contributed by atoms with Gasteiger partial charge in [-0.2, -0.15) is 5.10 Å². The van der Waals surface area contributed by atoms with E-state index in [0.29, 0.717) is 35.8 Å². The first kappa shape index (κ1) is 21.8. The number of aliphatic hydroxyl groups excluding tert-OH is 1. The zero-order chi connectivity index (χ0) is 22.1. The van der Waals surface area contributed by atoms with E-state index in [0.717, 1.165) is 11.1 Å². The Hall–Kier alpha value is -2.39. The molecule has 1 fully saturated rings. The largest absolute Gasteiger partial charge is 0.482 e. The Morgan fingerprint density at radius 1 is 1.35 bits per heavy atom. The minimum Gasteiger partial charge on any atom is -0.482 e. The summed E-state index contributed by atoms with van der Waals surface area (Å²) in [6, 6.07) is 4.56. The molecule has 0 saturated carbocycles. The van der Waals surface area contributed by atoms with Crippen LogP contribution in [0.4, 0.5) is 10.2 Å². The van der Waals surface area contributed by atoms with Gasteiger partial charge in [0, 0.05) is 46.7 Å². The van der Waals surface area contributed by atoms with Gasteiger partial charge in [0.15, 0.2) is 11.6 Å². The van der Waals surface area contributed by atoms with Gasteiger partial charge in [0.25, 0.3) is 0 Å². The molecule has 0 spiro atoms.